The van der Waals surface area contributed by atoms with E-state index in [0.29, 0.717) is 12.1 Å². The maximum absolute atomic E-state index is 4.69. The Morgan fingerprint density at radius 2 is 2.00 bits per heavy atom. The third-order valence-electron chi connectivity index (χ3n) is 3.94. The zero-order chi connectivity index (χ0) is 15.0. The van der Waals surface area contributed by atoms with Crippen LogP contribution in [0, 0.1) is 0 Å². The summed E-state index contributed by atoms with van der Waals surface area (Å²) in [7, 11) is 0. The molecule has 0 bridgehead atoms. The van der Waals surface area contributed by atoms with Crippen molar-refractivity contribution in [3.05, 3.63) is 23.9 Å². The van der Waals surface area contributed by atoms with Crippen LogP contribution in [0.15, 0.2) is 18.3 Å². The number of unbranched alkanes of at least 4 members (excludes halogenated alkanes) is 1. The average Bonchev–Trinajstić information content (AvgIpc) is 2.48. The van der Waals surface area contributed by atoms with E-state index in [-0.39, 0.29) is 0 Å². The molecule has 1 heterocycles. The summed E-state index contributed by atoms with van der Waals surface area (Å²) >= 11 is 0. The molecular weight excluding hydrogens is 246 g/mol. The lowest BCUT2D eigenvalue weighted by Crippen LogP contribution is -2.36. The highest BCUT2D eigenvalue weighted by molar-refractivity contribution is 5.49. The van der Waals surface area contributed by atoms with Gasteiger partial charge in [-0.3, -0.25) is 0 Å². The third-order valence-corrected chi connectivity index (χ3v) is 3.94. The van der Waals surface area contributed by atoms with Crippen molar-refractivity contribution in [1.82, 2.24) is 10.3 Å². The molecule has 0 radical (unpaired) electrons. The van der Waals surface area contributed by atoms with Crippen molar-refractivity contribution >= 4 is 5.82 Å². The molecule has 0 aliphatic heterocycles. The Hall–Kier alpha value is -1.09. The molecule has 1 N–H and O–H groups in total. The van der Waals surface area contributed by atoms with Crippen molar-refractivity contribution in [3.63, 3.8) is 0 Å². The summed E-state index contributed by atoms with van der Waals surface area (Å²) in [6.45, 7) is 13.2. The van der Waals surface area contributed by atoms with E-state index >= 15 is 0 Å². The van der Waals surface area contributed by atoms with Gasteiger partial charge in [0, 0.05) is 30.4 Å². The van der Waals surface area contributed by atoms with Gasteiger partial charge in [-0.1, -0.05) is 33.3 Å². The van der Waals surface area contributed by atoms with Gasteiger partial charge < -0.3 is 10.2 Å². The normalized spacial score (nSPS) is 14.1. The van der Waals surface area contributed by atoms with E-state index in [4.69, 9.17) is 4.98 Å². The molecule has 114 valence electrons. The van der Waals surface area contributed by atoms with Crippen LogP contribution in [-0.4, -0.2) is 24.1 Å². The second-order valence-electron chi connectivity index (χ2n) is 5.50. The molecule has 0 spiro atoms. The second kappa shape index (κ2) is 8.96. The van der Waals surface area contributed by atoms with Crippen LogP contribution in [0.1, 0.15) is 65.5 Å². The lowest BCUT2D eigenvalue weighted by molar-refractivity contribution is 0.565. The maximum atomic E-state index is 4.69. The van der Waals surface area contributed by atoms with Gasteiger partial charge in [0.15, 0.2) is 0 Å². The van der Waals surface area contributed by atoms with Gasteiger partial charge in [0.05, 0.1) is 0 Å². The quantitative estimate of drug-likeness (QED) is 0.734. The smallest absolute Gasteiger partial charge is 0.133 e. The van der Waals surface area contributed by atoms with Gasteiger partial charge in [-0.25, -0.2) is 4.98 Å². The van der Waals surface area contributed by atoms with E-state index in [9.17, 15) is 0 Å². The third kappa shape index (κ3) is 4.48. The van der Waals surface area contributed by atoms with E-state index in [1.807, 2.05) is 12.3 Å². The summed E-state index contributed by atoms with van der Waals surface area (Å²) in [5, 5.41) is 3.50. The molecule has 2 atom stereocenters. The van der Waals surface area contributed by atoms with Crippen LogP contribution in [0.3, 0.4) is 0 Å². The molecule has 3 nitrogen and oxygen atoms in total. The fourth-order valence-corrected chi connectivity index (χ4v) is 2.49. The van der Waals surface area contributed by atoms with Gasteiger partial charge >= 0.3 is 0 Å². The van der Waals surface area contributed by atoms with Crippen LogP contribution in [0.2, 0.25) is 0 Å². The molecule has 0 amide bonds. The number of pyridine rings is 1. The Balaban J connectivity index is 3.05. The van der Waals surface area contributed by atoms with E-state index < -0.39 is 0 Å². The molecular formula is C17H31N3. The average molecular weight is 277 g/mol. The molecule has 3 heteroatoms. The Bertz CT molecular complexity index is 378. The lowest BCUT2D eigenvalue weighted by atomic mass is 10.1. The number of nitrogens with one attached hydrogen (secondary N) is 1. The molecule has 2 unspecified atom stereocenters. The number of nitrogens with zero attached hydrogens (tertiary/aromatic N) is 2. The topological polar surface area (TPSA) is 28.2 Å². The van der Waals surface area contributed by atoms with Gasteiger partial charge in [0.2, 0.25) is 0 Å². The number of hydrogen-bond acceptors (Lipinski definition) is 3. The standard InChI is InChI=1S/C17H31N3/c1-6-9-13-20(14(4)7-2)17-16(11-10-12-19-17)15(5)18-8-3/h10-12,14-15,18H,6-9,13H2,1-5H3. The van der Waals surface area contributed by atoms with E-state index in [0.717, 1.165) is 25.3 Å². The predicted molar refractivity (Wildman–Crippen MR) is 88.3 cm³/mol. The zero-order valence-electron chi connectivity index (χ0n) is 13.8. The number of hydrogen-bond donors (Lipinski definition) is 1. The Labute approximate surface area is 124 Å². The summed E-state index contributed by atoms with van der Waals surface area (Å²) in [5.74, 6) is 1.16. The van der Waals surface area contributed by atoms with E-state index in [1.54, 1.807) is 0 Å². The molecule has 1 rings (SSSR count). The second-order valence-corrected chi connectivity index (χ2v) is 5.50. The first-order valence-corrected chi connectivity index (χ1v) is 8.10. The summed E-state index contributed by atoms with van der Waals surface area (Å²) < 4.78 is 0. The van der Waals surface area contributed by atoms with Gasteiger partial charge in [-0.2, -0.15) is 0 Å². The highest BCUT2D eigenvalue weighted by Crippen LogP contribution is 2.26. The molecule has 1 aromatic rings. The first-order valence-electron chi connectivity index (χ1n) is 8.10. The van der Waals surface area contributed by atoms with Crippen molar-refractivity contribution in [2.45, 2.75) is 66.0 Å². The first kappa shape index (κ1) is 17.0. The molecule has 0 saturated heterocycles. The van der Waals surface area contributed by atoms with Gasteiger partial charge in [0.25, 0.3) is 0 Å². The molecule has 0 saturated carbocycles. The van der Waals surface area contributed by atoms with Crippen molar-refractivity contribution in [3.8, 4) is 0 Å². The highest BCUT2D eigenvalue weighted by atomic mass is 15.2. The van der Waals surface area contributed by atoms with Crippen LogP contribution >= 0.6 is 0 Å². The Morgan fingerprint density at radius 1 is 1.25 bits per heavy atom. The Kier molecular flexibility index (Phi) is 7.60. The van der Waals surface area contributed by atoms with Crippen LogP contribution in [-0.2, 0) is 0 Å². The molecule has 0 aliphatic carbocycles. The summed E-state index contributed by atoms with van der Waals surface area (Å²) in [6, 6.07) is 5.12. The minimum Gasteiger partial charge on any atom is -0.354 e. The number of anilines is 1. The number of rotatable bonds is 9. The van der Waals surface area contributed by atoms with Crippen molar-refractivity contribution in [1.29, 1.82) is 0 Å². The molecule has 0 aliphatic rings. The van der Waals surface area contributed by atoms with Gasteiger partial charge in [-0.05, 0) is 39.3 Å². The first-order chi connectivity index (χ1) is 9.65. The van der Waals surface area contributed by atoms with Crippen LogP contribution in [0.4, 0.5) is 5.82 Å². The summed E-state index contributed by atoms with van der Waals surface area (Å²) in [6.07, 6.45) is 5.50. The van der Waals surface area contributed by atoms with Crippen molar-refractivity contribution in [2.24, 2.45) is 0 Å². The zero-order valence-corrected chi connectivity index (χ0v) is 13.8. The molecule has 1 aromatic heterocycles. The van der Waals surface area contributed by atoms with E-state index in [1.165, 1.54) is 18.4 Å². The maximum Gasteiger partial charge on any atom is 0.133 e. The van der Waals surface area contributed by atoms with Crippen LogP contribution in [0.5, 0.6) is 0 Å². The minimum atomic E-state index is 0.344. The monoisotopic (exact) mass is 277 g/mol. The number of aromatic nitrogens is 1. The fraction of sp³-hybridized carbons (Fsp3) is 0.706. The summed E-state index contributed by atoms with van der Waals surface area (Å²) in [4.78, 5) is 7.17. The van der Waals surface area contributed by atoms with Crippen LogP contribution in [0.25, 0.3) is 0 Å². The predicted octanol–water partition coefficient (Wildman–Crippen LogP) is 4.16. The highest BCUT2D eigenvalue weighted by Gasteiger charge is 2.19. The molecule has 0 fully saturated rings. The van der Waals surface area contributed by atoms with Gasteiger partial charge in [-0.15, -0.1) is 0 Å². The van der Waals surface area contributed by atoms with Crippen molar-refractivity contribution < 1.29 is 0 Å². The SMILES string of the molecule is CCCCN(c1ncccc1C(C)NCC)C(C)CC. The largest absolute Gasteiger partial charge is 0.354 e. The molecule has 0 aromatic carbocycles. The lowest BCUT2D eigenvalue weighted by Gasteiger charge is -2.32. The van der Waals surface area contributed by atoms with Crippen molar-refractivity contribution in [2.75, 3.05) is 18.0 Å². The fourth-order valence-electron chi connectivity index (χ4n) is 2.49. The van der Waals surface area contributed by atoms with Crippen LogP contribution < -0.4 is 10.2 Å². The van der Waals surface area contributed by atoms with Gasteiger partial charge in [0.1, 0.15) is 5.82 Å². The van der Waals surface area contributed by atoms with E-state index in [2.05, 4.69) is 50.9 Å². The minimum absolute atomic E-state index is 0.344. The Morgan fingerprint density at radius 3 is 2.60 bits per heavy atom. The molecule has 20 heavy (non-hydrogen) atoms. The summed E-state index contributed by atoms with van der Waals surface area (Å²) in [5.41, 5.74) is 1.31.